The van der Waals surface area contributed by atoms with Crippen LogP contribution in [0, 0.1) is 23.7 Å². The van der Waals surface area contributed by atoms with Crippen LogP contribution in [-0.2, 0) is 6.54 Å². The SMILES string of the molecule is CC.CCC1(CC#N)CCN(Cc2ccc(C)cc2)CC1. The Morgan fingerprint density at radius 1 is 1.14 bits per heavy atom. The fourth-order valence-electron chi connectivity index (χ4n) is 2.96. The van der Waals surface area contributed by atoms with Crippen LogP contribution in [0.1, 0.15) is 57.6 Å². The second-order valence-corrected chi connectivity index (χ2v) is 5.95. The van der Waals surface area contributed by atoms with Gasteiger partial charge in [0.2, 0.25) is 0 Å². The maximum absolute atomic E-state index is 8.98. The van der Waals surface area contributed by atoms with Crippen molar-refractivity contribution in [3.63, 3.8) is 0 Å². The number of rotatable bonds is 4. The van der Waals surface area contributed by atoms with Gasteiger partial charge in [-0.05, 0) is 50.3 Å². The highest BCUT2D eigenvalue weighted by molar-refractivity contribution is 5.21. The zero-order valence-corrected chi connectivity index (χ0v) is 14.2. The van der Waals surface area contributed by atoms with Crippen LogP contribution in [0.15, 0.2) is 24.3 Å². The van der Waals surface area contributed by atoms with Gasteiger partial charge in [-0.2, -0.15) is 5.26 Å². The van der Waals surface area contributed by atoms with E-state index in [1.165, 1.54) is 24.0 Å². The lowest BCUT2D eigenvalue weighted by Crippen LogP contribution is -2.39. The Balaban J connectivity index is 0.00000106. The van der Waals surface area contributed by atoms with Crippen molar-refractivity contribution >= 4 is 0 Å². The van der Waals surface area contributed by atoms with E-state index < -0.39 is 0 Å². The number of hydrogen-bond donors (Lipinski definition) is 0. The van der Waals surface area contributed by atoms with Crippen molar-refractivity contribution < 1.29 is 0 Å². The van der Waals surface area contributed by atoms with E-state index in [9.17, 15) is 0 Å². The predicted molar refractivity (Wildman–Crippen MR) is 90.0 cm³/mol. The molecule has 0 atom stereocenters. The summed E-state index contributed by atoms with van der Waals surface area (Å²) in [6.07, 6.45) is 4.20. The van der Waals surface area contributed by atoms with Gasteiger partial charge < -0.3 is 0 Å². The van der Waals surface area contributed by atoms with E-state index in [1.54, 1.807) is 0 Å². The summed E-state index contributed by atoms with van der Waals surface area (Å²) in [6.45, 7) is 11.7. The average Bonchev–Trinajstić information content (AvgIpc) is 2.54. The summed E-state index contributed by atoms with van der Waals surface area (Å²) >= 11 is 0. The van der Waals surface area contributed by atoms with Gasteiger partial charge in [0.05, 0.1) is 6.07 Å². The van der Waals surface area contributed by atoms with Crippen molar-refractivity contribution in [1.82, 2.24) is 4.90 Å². The molecule has 0 amide bonds. The molecule has 0 aromatic heterocycles. The van der Waals surface area contributed by atoms with Crippen LogP contribution >= 0.6 is 0 Å². The molecule has 116 valence electrons. The molecular formula is C19H30N2. The highest BCUT2D eigenvalue weighted by Gasteiger charge is 2.32. The second kappa shape index (κ2) is 8.85. The van der Waals surface area contributed by atoms with Crippen LogP contribution in [0.2, 0.25) is 0 Å². The molecule has 1 aromatic rings. The standard InChI is InChI=1S/C17H24N2.C2H6/c1-3-17(8-11-18)9-12-19(13-10-17)14-16-6-4-15(2)5-7-16;1-2/h4-7H,3,8-10,12-14H2,1-2H3;1-2H3. The molecule has 2 nitrogen and oxygen atoms in total. The molecule has 1 fully saturated rings. The molecule has 1 aliphatic rings. The fourth-order valence-corrected chi connectivity index (χ4v) is 2.96. The highest BCUT2D eigenvalue weighted by atomic mass is 15.1. The number of nitrogens with zero attached hydrogens (tertiary/aromatic N) is 2. The topological polar surface area (TPSA) is 27.0 Å². The van der Waals surface area contributed by atoms with Crippen molar-refractivity contribution in [2.75, 3.05) is 13.1 Å². The number of likely N-dealkylation sites (tertiary alicyclic amines) is 1. The summed E-state index contributed by atoms with van der Waals surface area (Å²) < 4.78 is 0. The Kier molecular flexibility index (Phi) is 7.47. The molecule has 0 bridgehead atoms. The molecule has 0 radical (unpaired) electrons. The van der Waals surface area contributed by atoms with Crippen LogP contribution in [-0.4, -0.2) is 18.0 Å². The average molecular weight is 286 g/mol. The Morgan fingerprint density at radius 2 is 1.71 bits per heavy atom. The number of hydrogen-bond acceptors (Lipinski definition) is 2. The van der Waals surface area contributed by atoms with Crippen LogP contribution < -0.4 is 0 Å². The van der Waals surface area contributed by atoms with Crippen LogP contribution in [0.25, 0.3) is 0 Å². The van der Waals surface area contributed by atoms with Gasteiger partial charge in [-0.15, -0.1) is 0 Å². The second-order valence-electron chi connectivity index (χ2n) is 5.95. The van der Waals surface area contributed by atoms with Crippen molar-refractivity contribution in [3.05, 3.63) is 35.4 Å². The van der Waals surface area contributed by atoms with Gasteiger partial charge >= 0.3 is 0 Å². The minimum absolute atomic E-state index is 0.290. The van der Waals surface area contributed by atoms with E-state index >= 15 is 0 Å². The van der Waals surface area contributed by atoms with Gasteiger partial charge in [-0.25, -0.2) is 0 Å². The Bertz CT molecular complexity index is 434. The monoisotopic (exact) mass is 286 g/mol. The zero-order valence-electron chi connectivity index (χ0n) is 14.2. The fraction of sp³-hybridized carbons (Fsp3) is 0.632. The van der Waals surface area contributed by atoms with Crippen molar-refractivity contribution in [1.29, 1.82) is 5.26 Å². The van der Waals surface area contributed by atoms with Gasteiger partial charge in [-0.1, -0.05) is 50.6 Å². The molecule has 0 spiro atoms. The summed E-state index contributed by atoms with van der Waals surface area (Å²) in [5.74, 6) is 0. The predicted octanol–water partition coefficient (Wildman–Crippen LogP) is 4.93. The first-order chi connectivity index (χ1) is 10.2. The lowest BCUT2D eigenvalue weighted by Gasteiger charge is -2.40. The molecule has 21 heavy (non-hydrogen) atoms. The number of aryl methyl sites for hydroxylation is 1. The molecule has 1 aliphatic heterocycles. The molecule has 2 heteroatoms. The van der Waals surface area contributed by atoms with Gasteiger partial charge in [0, 0.05) is 13.0 Å². The third kappa shape index (κ3) is 5.17. The Hall–Kier alpha value is -1.33. The number of benzene rings is 1. The van der Waals surface area contributed by atoms with Crippen LogP contribution in [0.4, 0.5) is 0 Å². The number of nitriles is 1. The normalized spacial score (nSPS) is 17.5. The lowest BCUT2D eigenvalue weighted by atomic mass is 9.74. The van der Waals surface area contributed by atoms with Crippen molar-refractivity contribution in [3.8, 4) is 6.07 Å². The lowest BCUT2D eigenvalue weighted by molar-refractivity contribution is 0.0979. The molecule has 2 rings (SSSR count). The number of piperidine rings is 1. The van der Waals surface area contributed by atoms with Crippen molar-refractivity contribution in [2.24, 2.45) is 5.41 Å². The van der Waals surface area contributed by atoms with Gasteiger partial charge in [-0.3, -0.25) is 4.90 Å². The highest BCUT2D eigenvalue weighted by Crippen LogP contribution is 2.38. The summed E-state index contributed by atoms with van der Waals surface area (Å²) in [6, 6.07) is 11.2. The molecule has 1 aromatic carbocycles. The first-order valence-electron chi connectivity index (χ1n) is 8.32. The molecule has 0 aliphatic carbocycles. The quantitative estimate of drug-likeness (QED) is 0.785. The maximum Gasteiger partial charge on any atom is 0.0627 e. The van der Waals surface area contributed by atoms with Crippen LogP contribution in [0.5, 0.6) is 0 Å². The Morgan fingerprint density at radius 3 is 2.19 bits per heavy atom. The smallest absolute Gasteiger partial charge is 0.0627 e. The largest absolute Gasteiger partial charge is 0.299 e. The molecule has 0 unspecified atom stereocenters. The van der Waals surface area contributed by atoms with Crippen molar-refractivity contribution in [2.45, 2.75) is 59.9 Å². The van der Waals surface area contributed by atoms with E-state index in [0.717, 1.165) is 32.5 Å². The van der Waals surface area contributed by atoms with E-state index in [1.807, 2.05) is 13.8 Å². The first kappa shape index (κ1) is 17.7. The third-order valence-corrected chi connectivity index (χ3v) is 4.65. The van der Waals surface area contributed by atoms with Gasteiger partial charge in [0.1, 0.15) is 0 Å². The van der Waals surface area contributed by atoms with E-state index in [2.05, 4.69) is 49.1 Å². The summed E-state index contributed by atoms with van der Waals surface area (Å²) in [4.78, 5) is 2.52. The summed E-state index contributed by atoms with van der Waals surface area (Å²) in [5.41, 5.74) is 3.01. The molecule has 1 heterocycles. The first-order valence-corrected chi connectivity index (χ1v) is 8.32. The summed E-state index contributed by atoms with van der Waals surface area (Å²) in [7, 11) is 0. The molecule has 0 N–H and O–H groups in total. The Labute approximate surface area is 130 Å². The van der Waals surface area contributed by atoms with Crippen LogP contribution in [0.3, 0.4) is 0 Å². The van der Waals surface area contributed by atoms with E-state index in [4.69, 9.17) is 5.26 Å². The van der Waals surface area contributed by atoms with Gasteiger partial charge in [0.15, 0.2) is 0 Å². The molecule has 1 saturated heterocycles. The molecular weight excluding hydrogens is 256 g/mol. The molecule has 0 saturated carbocycles. The zero-order chi connectivity index (χ0) is 15.7. The third-order valence-electron chi connectivity index (χ3n) is 4.65. The minimum Gasteiger partial charge on any atom is -0.299 e. The summed E-state index contributed by atoms with van der Waals surface area (Å²) in [5, 5.41) is 8.98. The van der Waals surface area contributed by atoms with E-state index in [-0.39, 0.29) is 0 Å². The van der Waals surface area contributed by atoms with Gasteiger partial charge in [0.25, 0.3) is 0 Å². The minimum atomic E-state index is 0.290. The van der Waals surface area contributed by atoms with E-state index in [0.29, 0.717) is 5.41 Å². The maximum atomic E-state index is 8.98.